The van der Waals surface area contributed by atoms with E-state index in [1.807, 2.05) is 6.07 Å². The van der Waals surface area contributed by atoms with E-state index in [1.165, 1.54) is 29.8 Å². The van der Waals surface area contributed by atoms with Crippen molar-refractivity contribution in [3.63, 3.8) is 0 Å². The van der Waals surface area contributed by atoms with Crippen molar-refractivity contribution in [1.82, 2.24) is 4.57 Å². The Labute approximate surface area is 264 Å². The number of imide groups is 1. The van der Waals surface area contributed by atoms with Gasteiger partial charge in [0.25, 0.3) is 0 Å². The number of anilines is 2. The number of amides is 3. The van der Waals surface area contributed by atoms with E-state index in [4.69, 9.17) is 32.7 Å². The first-order chi connectivity index (χ1) is 20.7. The number of fused-ring (bicyclic) bond motifs is 2. The lowest BCUT2D eigenvalue weighted by Crippen LogP contribution is -2.33. The first-order valence-electron chi connectivity index (χ1n) is 13.0. The van der Waals surface area contributed by atoms with Gasteiger partial charge in [0.05, 0.1) is 40.9 Å². The third-order valence-corrected chi connectivity index (χ3v) is 10.7. The Morgan fingerprint density at radius 3 is 2.35 bits per heavy atom. The maximum absolute atomic E-state index is 14.0. The highest BCUT2D eigenvalue weighted by molar-refractivity contribution is 8.00. The van der Waals surface area contributed by atoms with E-state index < -0.39 is 23.0 Å². The van der Waals surface area contributed by atoms with Crippen LogP contribution in [0, 0.1) is 5.92 Å². The number of thiazole rings is 1. The largest absolute Gasteiger partial charge is 0.493 e. The number of thioether (sulfide) groups is 1. The highest BCUT2D eigenvalue weighted by atomic mass is 35.5. The van der Waals surface area contributed by atoms with Crippen LogP contribution in [0.4, 0.5) is 11.4 Å². The van der Waals surface area contributed by atoms with Crippen molar-refractivity contribution in [1.29, 1.82) is 0 Å². The van der Waals surface area contributed by atoms with E-state index >= 15 is 0 Å². The molecule has 1 saturated heterocycles. The smallest absolute Gasteiger partial charge is 0.308 e. The topological polar surface area (TPSA) is 107 Å². The Morgan fingerprint density at radius 2 is 1.65 bits per heavy atom. The molecule has 0 spiro atoms. The third kappa shape index (κ3) is 5.20. The van der Waals surface area contributed by atoms with Crippen LogP contribution in [-0.2, 0) is 20.9 Å². The van der Waals surface area contributed by atoms with Crippen LogP contribution in [0.25, 0.3) is 0 Å². The summed E-state index contributed by atoms with van der Waals surface area (Å²) in [6.45, 7) is -0.307. The summed E-state index contributed by atoms with van der Waals surface area (Å²) in [4.78, 5) is 55.8. The molecule has 0 bridgehead atoms. The number of para-hydroxylation sites is 1. The minimum absolute atomic E-state index is 0.274. The number of hydrogen-bond donors (Lipinski definition) is 1. The van der Waals surface area contributed by atoms with Crippen LogP contribution in [0.5, 0.6) is 11.5 Å². The van der Waals surface area contributed by atoms with Gasteiger partial charge in [-0.2, -0.15) is 0 Å². The zero-order valence-corrected chi connectivity index (χ0v) is 25.9. The molecular weight excluding hydrogens is 633 g/mol. The van der Waals surface area contributed by atoms with Gasteiger partial charge in [-0.1, -0.05) is 70.6 Å². The molecule has 1 aromatic heterocycles. The number of nitrogens with one attached hydrogen (secondary N) is 1. The van der Waals surface area contributed by atoms with E-state index in [0.717, 1.165) is 23.1 Å². The molecule has 1 N–H and O–H groups in total. The Morgan fingerprint density at radius 1 is 0.907 bits per heavy atom. The molecule has 43 heavy (non-hydrogen) atoms. The zero-order valence-electron chi connectivity index (χ0n) is 22.7. The Balaban J connectivity index is 1.43. The fourth-order valence-electron chi connectivity index (χ4n) is 5.41. The highest BCUT2D eigenvalue weighted by Gasteiger charge is 2.57. The predicted octanol–water partition coefficient (Wildman–Crippen LogP) is 5.67. The number of nitrogens with zero attached hydrogens (tertiary/aromatic N) is 2. The van der Waals surface area contributed by atoms with E-state index in [0.29, 0.717) is 43.4 Å². The lowest BCUT2D eigenvalue weighted by atomic mass is 9.83. The number of rotatable bonds is 7. The number of methoxy groups -OCH3 is 2. The molecule has 0 saturated carbocycles. The Kier molecular flexibility index (Phi) is 7.99. The second-order valence-electron chi connectivity index (χ2n) is 9.80. The molecule has 3 amide bonds. The van der Waals surface area contributed by atoms with Crippen LogP contribution >= 0.6 is 46.3 Å². The summed E-state index contributed by atoms with van der Waals surface area (Å²) in [7, 11) is 3.03. The molecule has 2 aliphatic rings. The minimum Gasteiger partial charge on any atom is -0.493 e. The molecule has 2 aliphatic heterocycles. The van der Waals surface area contributed by atoms with Gasteiger partial charge in [-0.3, -0.25) is 23.7 Å². The number of hydrogen-bond acceptors (Lipinski definition) is 8. The molecule has 3 heterocycles. The average molecular weight is 657 g/mol. The van der Waals surface area contributed by atoms with Crippen molar-refractivity contribution in [3.8, 4) is 11.5 Å². The minimum atomic E-state index is -0.823. The maximum Gasteiger partial charge on any atom is 0.308 e. The van der Waals surface area contributed by atoms with Crippen molar-refractivity contribution in [2.75, 3.05) is 24.4 Å². The fraction of sp³-hybridized carbons (Fsp3) is 0.200. The van der Waals surface area contributed by atoms with E-state index in [1.54, 1.807) is 54.6 Å². The summed E-state index contributed by atoms with van der Waals surface area (Å²) in [6.07, 6.45) is 0. The quantitative estimate of drug-likeness (QED) is 0.256. The lowest BCUT2D eigenvalue weighted by Gasteiger charge is -2.31. The summed E-state index contributed by atoms with van der Waals surface area (Å²) in [5.41, 5.74) is 1.57. The number of halogens is 2. The SMILES string of the molecule is COc1ccc(C2c3sc(=O)n(CC(=O)Nc4ccc(Cl)c(Cl)c4)c3SC3C(=O)N(c4ccccc4)C(=O)C32)cc1OC. The monoisotopic (exact) mass is 655 g/mol. The van der Waals surface area contributed by atoms with Crippen LogP contribution < -0.4 is 24.6 Å². The van der Waals surface area contributed by atoms with Gasteiger partial charge in [0, 0.05) is 16.5 Å². The second kappa shape index (κ2) is 11.7. The van der Waals surface area contributed by atoms with Gasteiger partial charge in [-0.25, -0.2) is 4.90 Å². The van der Waals surface area contributed by atoms with Crippen LogP contribution in [0.2, 0.25) is 10.0 Å². The normalized spacial score (nSPS) is 19.2. The average Bonchev–Trinajstić information content (AvgIpc) is 3.45. The number of carbonyl (C=O) groups is 3. The molecule has 220 valence electrons. The van der Waals surface area contributed by atoms with Crippen molar-refractivity contribution in [2.24, 2.45) is 5.92 Å². The van der Waals surface area contributed by atoms with Gasteiger partial charge >= 0.3 is 4.87 Å². The molecule has 6 rings (SSSR count). The van der Waals surface area contributed by atoms with Gasteiger partial charge in [-0.05, 0) is 48.0 Å². The predicted molar refractivity (Wildman–Crippen MR) is 167 cm³/mol. The molecule has 9 nitrogen and oxygen atoms in total. The summed E-state index contributed by atoms with van der Waals surface area (Å²) in [5.74, 6) is -1.70. The summed E-state index contributed by atoms with van der Waals surface area (Å²) in [5, 5.41) is 3.00. The molecule has 1 fully saturated rings. The first-order valence-corrected chi connectivity index (χ1v) is 15.5. The van der Waals surface area contributed by atoms with Gasteiger partial charge in [0.1, 0.15) is 11.8 Å². The van der Waals surface area contributed by atoms with Crippen molar-refractivity contribution in [2.45, 2.75) is 22.7 Å². The molecule has 0 radical (unpaired) electrons. The molecule has 4 aromatic rings. The molecular formula is C30H23Cl2N3O6S2. The molecule has 3 atom stereocenters. The fourth-order valence-corrected chi connectivity index (χ4v) is 8.48. The number of carbonyl (C=O) groups excluding carboxylic acids is 3. The van der Waals surface area contributed by atoms with Crippen LogP contribution in [0.15, 0.2) is 76.6 Å². The number of ether oxygens (including phenoxy) is 2. The third-order valence-electron chi connectivity index (χ3n) is 7.34. The summed E-state index contributed by atoms with van der Waals surface area (Å²) >= 11 is 14.2. The summed E-state index contributed by atoms with van der Waals surface area (Å²) in [6, 6.07) is 18.7. The number of benzene rings is 3. The van der Waals surface area contributed by atoms with E-state index in [9.17, 15) is 19.2 Å². The van der Waals surface area contributed by atoms with Crippen LogP contribution in [-0.4, -0.2) is 41.8 Å². The van der Waals surface area contributed by atoms with Gasteiger partial charge in [0.2, 0.25) is 17.7 Å². The lowest BCUT2D eigenvalue weighted by molar-refractivity contribution is -0.122. The zero-order chi connectivity index (χ0) is 30.4. The molecule has 13 heteroatoms. The molecule has 3 aromatic carbocycles. The van der Waals surface area contributed by atoms with Gasteiger partial charge in [0.15, 0.2) is 11.5 Å². The van der Waals surface area contributed by atoms with E-state index in [2.05, 4.69) is 5.32 Å². The van der Waals surface area contributed by atoms with Crippen molar-refractivity contribution < 1.29 is 23.9 Å². The van der Waals surface area contributed by atoms with Gasteiger partial charge < -0.3 is 14.8 Å². The molecule has 0 aliphatic carbocycles. The second-order valence-corrected chi connectivity index (χ2v) is 12.7. The first kappa shape index (κ1) is 29.3. The van der Waals surface area contributed by atoms with Gasteiger partial charge in [-0.15, -0.1) is 0 Å². The van der Waals surface area contributed by atoms with E-state index in [-0.39, 0.29) is 28.3 Å². The van der Waals surface area contributed by atoms with Crippen molar-refractivity contribution in [3.05, 3.63) is 96.9 Å². The van der Waals surface area contributed by atoms with Crippen molar-refractivity contribution >= 4 is 75.4 Å². The molecule has 3 unspecified atom stereocenters. The maximum atomic E-state index is 14.0. The Bertz CT molecular complexity index is 1830. The van der Waals surface area contributed by atoms with Crippen LogP contribution in [0.1, 0.15) is 16.4 Å². The summed E-state index contributed by atoms with van der Waals surface area (Å²) < 4.78 is 12.3. The highest BCUT2D eigenvalue weighted by Crippen LogP contribution is 2.54. The standard InChI is InChI=1S/C30H23Cl2N3O6S2/c1-40-20-11-8-15(12-21(20)41-2)23-24-25(28(38)35(27(24)37)17-6-4-3-5-7-17)42-29-26(23)43-30(39)34(29)14-22(36)33-16-9-10-18(31)19(32)13-16/h3-13,23-25H,14H2,1-2H3,(H,33,36). The number of aromatic nitrogens is 1. The Hall–Kier alpha value is -3.77. The van der Waals surface area contributed by atoms with Crippen LogP contribution in [0.3, 0.4) is 0 Å².